The van der Waals surface area contributed by atoms with Crippen LogP contribution in [-0.2, 0) is 16.4 Å². The van der Waals surface area contributed by atoms with Gasteiger partial charge in [0.1, 0.15) is 0 Å². The molecule has 6 heteroatoms. The first-order valence-corrected chi connectivity index (χ1v) is 12.8. The highest BCUT2D eigenvalue weighted by Gasteiger charge is 2.16. The second kappa shape index (κ2) is 9.76. The number of aromatic nitrogens is 1. The molecular formula is C26H31N3O2S. The van der Waals surface area contributed by atoms with Gasteiger partial charge in [-0.3, -0.25) is 4.72 Å². The summed E-state index contributed by atoms with van der Waals surface area (Å²) in [4.78, 5) is 6.08. The van der Waals surface area contributed by atoms with Crippen LogP contribution < -0.4 is 4.72 Å². The molecule has 32 heavy (non-hydrogen) atoms. The van der Waals surface area contributed by atoms with E-state index in [1.165, 1.54) is 5.56 Å². The predicted molar refractivity (Wildman–Crippen MR) is 134 cm³/mol. The largest absolute Gasteiger partial charge is 0.361 e. The number of hydrogen-bond donors (Lipinski definition) is 2. The van der Waals surface area contributed by atoms with Crippen molar-refractivity contribution in [3.05, 3.63) is 72.4 Å². The maximum absolute atomic E-state index is 13.0. The number of anilines is 1. The standard InChI is InChI=1S/C26H31N3O2S/c1-3-14-29(15-4-2)16-13-22-19-27-26-12-10-23(18-25(22)26)28-32(30,31)24-11-9-20-7-5-6-8-21(20)17-24/h5-12,17-19,27-28H,3-4,13-16H2,1-2H3. The lowest BCUT2D eigenvalue weighted by molar-refractivity contribution is 0.278. The molecule has 168 valence electrons. The first-order valence-electron chi connectivity index (χ1n) is 11.3. The van der Waals surface area contributed by atoms with Crippen molar-refractivity contribution in [2.24, 2.45) is 0 Å². The molecule has 1 aromatic heterocycles. The highest BCUT2D eigenvalue weighted by atomic mass is 32.2. The molecule has 0 saturated carbocycles. The van der Waals surface area contributed by atoms with E-state index >= 15 is 0 Å². The molecule has 0 aliphatic carbocycles. The van der Waals surface area contributed by atoms with Gasteiger partial charge in [0, 0.05) is 29.3 Å². The minimum absolute atomic E-state index is 0.264. The Labute approximate surface area is 190 Å². The van der Waals surface area contributed by atoms with Gasteiger partial charge in [-0.2, -0.15) is 0 Å². The first-order chi connectivity index (χ1) is 15.5. The summed E-state index contributed by atoms with van der Waals surface area (Å²) in [5, 5.41) is 2.99. The SMILES string of the molecule is CCCN(CCC)CCc1c[nH]c2ccc(NS(=O)(=O)c3ccc4ccccc4c3)cc12. The molecule has 0 bridgehead atoms. The molecule has 0 fully saturated rings. The Hall–Kier alpha value is -2.83. The van der Waals surface area contributed by atoms with Gasteiger partial charge in [-0.05, 0) is 79.0 Å². The molecule has 0 atom stereocenters. The molecule has 0 saturated heterocycles. The summed E-state index contributed by atoms with van der Waals surface area (Å²) in [7, 11) is -3.68. The third kappa shape index (κ3) is 4.97. The van der Waals surface area contributed by atoms with Gasteiger partial charge >= 0.3 is 0 Å². The van der Waals surface area contributed by atoms with Gasteiger partial charge < -0.3 is 9.88 Å². The summed E-state index contributed by atoms with van der Waals surface area (Å²) in [5.74, 6) is 0. The molecule has 0 radical (unpaired) electrons. The lowest BCUT2D eigenvalue weighted by atomic mass is 10.1. The van der Waals surface area contributed by atoms with Gasteiger partial charge in [0.15, 0.2) is 0 Å². The molecule has 0 aliphatic heterocycles. The van der Waals surface area contributed by atoms with Crippen LogP contribution in [0.5, 0.6) is 0 Å². The Kier molecular flexibility index (Phi) is 6.82. The van der Waals surface area contributed by atoms with E-state index in [2.05, 4.69) is 28.5 Å². The normalized spacial score (nSPS) is 12.1. The quantitative estimate of drug-likeness (QED) is 0.322. The average Bonchev–Trinajstić information content (AvgIpc) is 3.19. The third-order valence-corrected chi connectivity index (χ3v) is 7.21. The molecular weight excluding hydrogens is 418 g/mol. The Morgan fingerprint density at radius 1 is 0.875 bits per heavy atom. The number of rotatable bonds is 10. The van der Waals surface area contributed by atoms with Crippen LogP contribution in [0.3, 0.4) is 0 Å². The number of sulfonamides is 1. The molecule has 0 aliphatic rings. The third-order valence-electron chi connectivity index (χ3n) is 5.83. The van der Waals surface area contributed by atoms with Gasteiger partial charge in [0.05, 0.1) is 4.90 Å². The zero-order valence-electron chi connectivity index (χ0n) is 18.8. The summed E-state index contributed by atoms with van der Waals surface area (Å²) >= 11 is 0. The van der Waals surface area contributed by atoms with Crippen LogP contribution in [0.2, 0.25) is 0 Å². The number of hydrogen-bond acceptors (Lipinski definition) is 3. The summed E-state index contributed by atoms with van der Waals surface area (Å²) in [5.41, 5.74) is 2.81. The Bertz CT molecular complexity index is 1310. The van der Waals surface area contributed by atoms with Gasteiger partial charge in [-0.1, -0.05) is 44.2 Å². The number of benzene rings is 3. The van der Waals surface area contributed by atoms with Gasteiger partial charge in [-0.15, -0.1) is 0 Å². The van der Waals surface area contributed by atoms with Crippen molar-refractivity contribution in [3.8, 4) is 0 Å². The fraction of sp³-hybridized carbons (Fsp3) is 0.308. The minimum atomic E-state index is -3.68. The minimum Gasteiger partial charge on any atom is -0.361 e. The maximum atomic E-state index is 13.0. The summed E-state index contributed by atoms with van der Waals surface area (Å²) < 4.78 is 28.8. The van der Waals surface area contributed by atoms with E-state index < -0.39 is 10.0 Å². The van der Waals surface area contributed by atoms with E-state index in [-0.39, 0.29) is 4.90 Å². The van der Waals surface area contributed by atoms with Crippen molar-refractivity contribution in [3.63, 3.8) is 0 Å². The highest BCUT2D eigenvalue weighted by molar-refractivity contribution is 7.92. The number of aromatic amines is 1. The summed E-state index contributed by atoms with van der Waals surface area (Å²) in [6.07, 6.45) is 5.27. The van der Waals surface area contributed by atoms with Crippen LogP contribution in [0.15, 0.2) is 71.8 Å². The van der Waals surface area contributed by atoms with E-state index in [1.807, 2.05) is 54.7 Å². The van der Waals surface area contributed by atoms with E-state index in [9.17, 15) is 8.42 Å². The van der Waals surface area contributed by atoms with Crippen LogP contribution in [0.25, 0.3) is 21.7 Å². The lowest BCUT2D eigenvalue weighted by Gasteiger charge is -2.20. The number of H-pyrrole nitrogens is 1. The topological polar surface area (TPSA) is 65.2 Å². The van der Waals surface area contributed by atoms with E-state index in [0.717, 1.165) is 60.6 Å². The number of fused-ring (bicyclic) bond motifs is 2. The molecule has 5 nitrogen and oxygen atoms in total. The van der Waals surface area contributed by atoms with E-state index in [0.29, 0.717) is 5.69 Å². The smallest absolute Gasteiger partial charge is 0.261 e. The van der Waals surface area contributed by atoms with Crippen LogP contribution in [-0.4, -0.2) is 37.9 Å². The van der Waals surface area contributed by atoms with Gasteiger partial charge in [0.2, 0.25) is 0 Å². The van der Waals surface area contributed by atoms with Crippen LogP contribution in [0.4, 0.5) is 5.69 Å². The monoisotopic (exact) mass is 449 g/mol. The molecule has 4 aromatic rings. The van der Waals surface area contributed by atoms with Gasteiger partial charge in [0.25, 0.3) is 10.0 Å². The van der Waals surface area contributed by atoms with Crippen LogP contribution >= 0.6 is 0 Å². The van der Waals surface area contributed by atoms with Gasteiger partial charge in [-0.25, -0.2) is 8.42 Å². The van der Waals surface area contributed by atoms with E-state index in [4.69, 9.17) is 0 Å². The van der Waals surface area contributed by atoms with Crippen molar-refractivity contribution in [1.82, 2.24) is 9.88 Å². The number of nitrogens with one attached hydrogen (secondary N) is 2. The second-order valence-corrected chi connectivity index (χ2v) is 9.96. The molecule has 4 rings (SSSR count). The molecule has 1 heterocycles. The Morgan fingerprint density at radius 2 is 1.62 bits per heavy atom. The maximum Gasteiger partial charge on any atom is 0.261 e. The predicted octanol–water partition coefficient (Wildman–Crippen LogP) is 5.79. The fourth-order valence-corrected chi connectivity index (χ4v) is 5.33. The zero-order valence-corrected chi connectivity index (χ0v) is 19.6. The van der Waals surface area contributed by atoms with Crippen LogP contribution in [0.1, 0.15) is 32.3 Å². The van der Waals surface area contributed by atoms with Crippen molar-refractivity contribution < 1.29 is 8.42 Å². The summed E-state index contributed by atoms with van der Waals surface area (Å²) in [6, 6.07) is 18.6. The Morgan fingerprint density at radius 3 is 2.38 bits per heavy atom. The van der Waals surface area contributed by atoms with Crippen molar-refractivity contribution in [2.75, 3.05) is 24.4 Å². The summed E-state index contributed by atoms with van der Waals surface area (Å²) in [6.45, 7) is 7.63. The second-order valence-electron chi connectivity index (χ2n) is 8.28. The van der Waals surface area contributed by atoms with Crippen LogP contribution in [0, 0.1) is 0 Å². The van der Waals surface area contributed by atoms with Crippen molar-refractivity contribution in [1.29, 1.82) is 0 Å². The molecule has 0 unspecified atom stereocenters. The highest BCUT2D eigenvalue weighted by Crippen LogP contribution is 2.26. The zero-order chi connectivity index (χ0) is 22.6. The Balaban J connectivity index is 1.55. The van der Waals surface area contributed by atoms with Crippen molar-refractivity contribution >= 4 is 37.4 Å². The molecule has 3 aromatic carbocycles. The fourth-order valence-electron chi connectivity index (χ4n) is 4.24. The molecule has 0 spiro atoms. The first kappa shape index (κ1) is 22.4. The molecule has 2 N–H and O–H groups in total. The number of nitrogens with zero attached hydrogens (tertiary/aromatic N) is 1. The van der Waals surface area contributed by atoms with Crippen molar-refractivity contribution in [2.45, 2.75) is 38.0 Å². The lowest BCUT2D eigenvalue weighted by Crippen LogP contribution is -2.27. The molecule has 0 amide bonds. The average molecular weight is 450 g/mol. The van der Waals surface area contributed by atoms with E-state index in [1.54, 1.807) is 12.1 Å².